The summed E-state index contributed by atoms with van der Waals surface area (Å²) in [6.07, 6.45) is 19.6. The second-order valence-electron chi connectivity index (χ2n) is 34.2. The molecule has 16 aliphatic rings. The Kier molecular flexibility index (Phi) is 22.4. The molecule has 4 heterocycles. The van der Waals surface area contributed by atoms with Gasteiger partial charge in [-0.2, -0.15) is 0 Å². The fourth-order valence-corrected chi connectivity index (χ4v) is 21.6. The lowest BCUT2D eigenvalue weighted by molar-refractivity contribution is -0.176. The minimum atomic E-state index is -0.543. The summed E-state index contributed by atoms with van der Waals surface area (Å²) >= 11 is 0. The van der Waals surface area contributed by atoms with Gasteiger partial charge in [0.15, 0.2) is 0 Å². The van der Waals surface area contributed by atoms with Crippen LogP contribution in [0.5, 0.6) is 0 Å². The minimum absolute atomic E-state index is 0.0200. The Morgan fingerprint density at radius 3 is 0.913 bits per heavy atom. The third-order valence-corrected chi connectivity index (χ3v) is 28.2. The molecule has 0 amide bonds. The van der Waals surface area contributed by atoms with E-state index in [1.807, 2.05) is 62.3 Å². The average molecular weight is 1460 g/mol. The molecule has 104 heavy (non-hydrogen) atoms. The molecule has 24 heteroatoms. The van der Waals surface area contributed by atoms with E-state index in [1.54, 1.807) is 0 Å². The molecule has 28 atom stereocenters. The second kappa shape index (κ2) is 30.7. The number of hydrogen-bond acceptors (Lipinski definition) is 24. The maximum absolute atomic E-state index is 13.1. The molecule has 12 saturated carbocycles. The van der Waals surface area contributed by atoms with Gasteiger partial charge in [0.1, 0.15) is 72.2 Å². The number of carbonyl (C=O) groups excluding carboxylic acids is 12. The van der Waals surface area contributed by atoms with Crippen LogP contribution in [0.25, 0.3) is 0 Å². The summed E-state index contributed by atoms with van der Waals surface area (Å²) < 4.78 is 68.3. The molecule has 28 unspecified atom stereocenters. The van der Waals surface area contributed by atoms with E-state index in [-0.39, 0.29) is 173 Å². The Morgan fingerprint density at radius 2 is 0.625 bits per heavy atom. The zero-order chi connectivity index (χ0) is 74.1. The first-order chi connectivity index (χ1) is 49.8. The first kappa shape index (κ1) is 75.9. The Bertz CT molecular complexity index is 3280. The molecule has 0 aromatic carbocycles. The Hall–Kier alpha value is -6.36. The minimum Gasteiger partial charge on any atom is -0.462 e. The van der Waals surface area contributed by atoms with Crippen molar-refractivity contribution in [3.63, 3.8) is 0 Å². The lowest BCUT2D eigenvalue weighted by Gasteiger charge is -2.34. The van der Waals surface area contributed by atoms with Crippen molar-refractivity contribution in [1.29, 1.82) is 0 Å². The molecule has 16 rings (SSSR count). The summed E-state index contributed by atoms with van der Waals surface area (Å²) in [7, 11) is 0. The number of hydrogen-bond donors (Lipinski definition) is 0. The lowest BCUT2D eigenvalue weighted by Crippen LogP contribution is -2.46. The van der Waals surface area contributed by atoms with Gasteiger partial charge in [-0.05, 0) is 167 Å². The predicted molar refractivity (Wildman–Crippen MR) is 363 cm³/mol. The number of carbonyl (C=O) groups is 12. The van der Waals surface area contributed by atoms with E-state index in [9.17, 15) is 57.5 Å². The molecule has 0 aromatic heterocycles. The number of ether oxygens (including phenoxy) is 12. The number of esters is 12. The van der Waals surface area contributed by atoms with Crippen LogP contribution in [0, 0.1) is 118 Å². The first-order valence-electron chi connectivity index (χ1n) is 40.3. The van der Waals surface area contributed by atoms with E-state index < -0.39 is 89.6 Å². The van der Waals surface area contributed by atoms with Crippen molar-refractivity contribution >= 4 is 71.6 Å². The number of rotatable bonds is 21. The summed E-state index contributed by atoms with van der Waals surface area (Å²) in [5, 5.41) is 0. The van der Waals surface area contributed by atoms with Crippen LogP contribution < -0.4 is 0 Å². The van der Waals surface area contributed by atoms with Gasteiger partial charge in [-0.15, -0.1) is 0 Å². The highest BCUT2D eigenvalue weighted by atomic mass is 16.6. The normalized spacial score (nSPS) is 39.8. The van der Waals surface area contributed by atoms with Crippen LogP contribution in [-0.2, 0) is 114 Å². The van der Waals surface area contributed by atoms with Crippen molar-refractivity contribution in [3.8, 4) is 0 Å². The third kappa shape index (κ3) is 14.0. The van der Waals surface area contributed by atoms with Crippen LogP contribution in [-0.4, -0.2) is 144 Å². The SMILES string of the molecule is CCC(C)C(=O)OC1C2CC3C1OC(=O)C3C2C(=O)OC1(C)CCCC1.CCC(C)C(=O)OC1C2CC3C1OC(=O)C3C2C(=O)OC1(CC)CCCC1.CCC(C)C(=O)OC1C2CC3C1OC(=O)C3C2C(=O)OC1CCCC1.CCC(C)C(=O)OC1C2CC3C1OC(=O)C3C2C(=O)OC1CCCCC1. The molecule has 8 bridgehead atoms. The second-order valence-corrected chi connectivity index (χ2v) is 34.2. The van der Waals surface area contributed by atoms with E-state index in [0.29, 0.717) is 51.4 Å². The molecular formula is C80H112O24. The summed E-state index contributed by atoms with van der Waals surface area (Å²) in [5.41, 5.74) is -0.812. The van der Waals surface area contributed by atoms with Gasteiger partial charge in [0, 0.05) is 47.3 Å². The van der Waals surface area contributed by atoms with Crippen molar-refractivity contribution in [2.45, 2.75) is 308 Å². The fourth-order valence-electron chi connectivity index (χ4n) is 21.6. The van der Waals surface area contributed by atoms with Crippen molar-refractivity contribution in [2.75, 3.05) is 0 Å². The molecule has 24 nitrogen and oxygen atoms in total. The monoisotopic (exact) mass is 1460 g/mol. The summed E-state index contributed by atoms with van der Waals surface area (Å²) in [5.74, 6) is -9.01. The standard InChI is InChI=1S/C21H30O6.2C20H28O6.C19H26O6/c1-4-11(3)18(22)25-16-13-10-12-14(19(23)26-17(12)16)15(13)20(24)27-21(5-2)8-6-7-9-21;1-4-10(2)17(21)24-15-12-9-11-13(18(22)25-16(11)15)14(12)19(23)26-20(3)7-5-6-8-20;1-3-10(2)18(21)25-16-12-9-13-15(20(23)26-17(13)16)14(12)19(22)24-11-7-5-4-6-8-11;1-3-9(2)17(20)24-15-11-8-12-14(19(22)25-16(12)15)13(11)18(21)23-10-6-4-5-7-10/h11-17H,4-10H2,1-3H3;10-16H,4-9H2,1-3H3;10-17H,3-9H2,1-2H3;9-16H,3-8H2,1-2H3. The van der Waals surface area contributed by atoms with Crippen LogP contribution in [0.1, 0.15) is 236 Å². The fraction of sp³-hybridized carbons (Fsp3) is 0.850. The van der Waals surface area contributed by atoms with Crippen molar-refractivity contribution in [1.82, 2.24) is 0 Å². The van der Waals surface area contributed by atoms with Gasteiger partial charge in [-0.25, -0.2) is 0 Å². The highest BCUT2D eigenvalue weighted by molar-refractivity contribution is 5.89. The third-order valence-electron chi connectivity index (χ3n) is 28.2. The molecule has 0 N–H and O–H groups in total. The number of fused-ring (bicyclic) bond motifs is 4. The molecule has 0 spiro atoms. The van der Waals surface area contributed by atoms with Gasteiger partial charge in [-0.1, -0.05) is 68.7 Å². The Morgan fingerprint density at radius 1 is 0.356 bits per heavy atom. The largest absolute Gasteiger partial charge is 0.462 e. The molecule has 576 valence electrons. The Balaban J connectivity index is 0.000000123. The van der Waals surface area contributed by atoms with Crippen molar-refractivity contribution in [2.24, 2.45) is 118 Å². The van der Waals surface area contributed by atoms with Gasteiger partial charge < -0.3 is 56.8 Å². The van der Waals surface area contributed by atoms with Crippen molar-refractivity contribution in [3.05, 3.63) is 0 Å². The quantitative estimate of drug-likeness (QED) is 0.0761. The van der Waals surface area contributed by atoms with E-state index in [4.69, 9.17) is 56.8 Å². The summed E-state index contributed by atoms with van der Waals surface area (Å²) in [6, 6.07) is 0. The average Bonchev–Trinajstić information content (AvgIpc) is 1.57. The van der Waals surface area contributed by atoms with E-state index in [2.05, 4.69) is 6.92 Å². The topological polar surface area (TPSA) is 316 Å². The molecule has 4 aliphatic heterocycles. The Labute approximate surface area is 610 Å². The maximum Gasteiger partial charge on any atom is 0.310 e. The maximum atomic E-state index is 13.1. The van der Waals surface area contributed by atoms with Crippen LogP contribution >= 0.6 is 0 Å². The van der Waals surface area contributed by atoms with Crippen molar-refractivity contribution < 1.29 is 114 Å². The zero-order valence-corrected chi connectivity index (χ0v) is 62.5. The predicted octanol–water partition coefficient (Wildman–Crippen LogP) is 10.5. The van der Waals surface area contributed by atoms with Crippen LogP contribution in [0.4, 0.5) is 0 Å². The highest BCUT2D eigenvalue weighted by Crippen LogP contribution is 2.63. The van der Waals surface area contributed by atoms with Crippen LogP contribution in [0.15, 0.2) is 0 Å². The van der Waals surface area contributed by atoms with Gasteiger partial charge in [0.25, 0.3) is 0 Å². The van der Waals surface area contributed by atoms with Crippen LogP contribution in [0.3, 0.4) is 0 Å². The van der Waals surface area contributed by atoms with E-state index in [1.165, 1.54) is 6.42 Å². The van der Waals surface area contributed by atoms with E-state index >= 15 is 0 Å². The molecular weight excluding hydrogens is 1340 g/mol. The molecule has 12 aliphatic carbocycles. The van der Waals surface area contributed by atoms with E-state index in [0.717, 1.165) is 109 Å². The highest BCUT2D eigenvalue weighted by Gasteiger charge is 2.74. The smallest absolute Gasteiger partial charge is 0.310 e. The van der Waals surface area contributed by atoms with Gasteiger partial charge in [0.05, 0.1) is 71.0 Å². The van der Waals surface area contributed by atoms with Gasteiger partial charge in [-0.3, -0.25) is 57.5 Å². The van der Waals surface area contributed by atoms with Gasteiger partial charge in [0.2, 0.25) is 0 Å². The first-order valence-corrected chi connectivity index (χ1v) is 40.3. The molecule has 0 radical (unpaired) electrons. The van der Waals surface area contributed by atoms with Crippen LogP contribution in [0.2, 0.25) is 0 Å². The van der Waals surface area contributed by atoms with Gasteiger partial charge >= 0.3 is 71.6 Å². The molecule has 4 saturated heterocycles. The summed E-state index contributed by atoms with van der Waals surface area (Å²) in [4.78, 5) is 150. The molecule has 16 fully saturated rings. The summed E-state index contributed by atoms with van der Waals surface area (Å²) in [6.45, 7) is 19.1. The zero-order valence-electron chi connectivity index (χ0n) is 62.5. The lowest BCUT2D eigenvalue weighted by atomic mass is 9.78. The molecule has 0 aromatic rings.